The first-order valence-electron chi connectivity index (χ1n) is 10.0. The van der Waals surface area contributed by atoms with Crippen LogP contribution in [-0.4, -0.2) is 39.5 Å². The Morgan fingerprint density at radius 3 is 2.69 bits per heavy atom. The summed E-state index contributed by atoms with van der Waals surface area (Å²) in [5.74, 6) is 2.49. The zero-order valence-corrected chi connectivity index (χ0v) is 17.8. The normalized spacial score (nSPS) is 30.9. The zero-order valence-electron chi connectivity index (χ0n) is 15.4. The monoisotopic (exact) mass is 405 g/mol. The summed E-state index contributed by atoms with van der Waals surface area (Å²) in [5, 5.41) is 0. The molecular weight excluding hydrogens is 380 g/mol. The number of hydrogen-bond donors (Lipinski definition) is 0. The molecule has 1 aliphatic carbocycles. The molecule has 1 saturated carbocycles. The Kier molecular flexibility index (Phi) is 4.61. The van der Waals surface area contributed by atoms with Crippen molar-refractivity contribution in [2.24, 2.45) is 11.8 Å². The summed E-state index contributed by atoms with van der Waals surface area (Å²) in [6, 6.07) is 19.6. The maximum absolute atomic E-state index is 6.68. The first-order chi connectivity index (χ1) is 12.8. The van der Waals surface area contributed by atoms with Crippen molar-refractivity contribution < 1.29 is 7.06 Å². The molecule has 2 saturated heterocycles. The van der Waals surface area contributed by atoms with Crippen LogP contribution in [0.15, 0.2) is 54.6 Å². The molecule has 2 aromatic rings. The second-order valence-electron chi connectivity index (χ2n) is 8.07. The van der Waals surface area contributed by atoms with Gasteiger partial charge in [0, 0.05) is 0 Å². The van der Waals surface area contributed by atoms with Crippen molar-refractivity contribution in [2.45, 2.75) is 44.8 Å². The van der Waals surface area contributed by atoms with E-state index in [9.17, 15) is 0 Å². The van der Waals surface area contributed by atoms with Crippen LogP contribution in [-0.2, 0) is 3.53 Å². The Morgan fingerprint density at radius 2 is 1.81 bits per heavy atom. The van der Waals surface area contributed by atoms with E-state index in [4.69, 9.17) is 7.06 Å². The summed E-state index contributed by atoms with van der Waals surface area (Å²) in [5.41, 5.74) is 2.39. The van der Waals surface area contributed by atoms with Gasteiger partial charge in [0.15, 0.2) is 0 Å². The van der Waals surface area contributed by atoms with Gasteiger partial charge in [-0.15, -0.1) is 0 Å². The molecule has 3 aliphatic rings. The van der Waals surface area contributed by atoms with Gasteiger partial charge in [0.25, 0.3) is 0 Å². The average Bonchev–Trinajstić information content (AvgIpc) is 3.06. The van der Waals surface area contributed by atoms with Gasteiger partial charge in [-0.2, -0.15) is 0 Å². The molecule has 2 aliphatic heterocycles. The molecule has 2 heterocycles. The Morgan fingerprint density at radius 1 is 1.00 bits per heavy atom. The number of benzene rings is 2. The van der Waals surface area contributed by atoms with Crippen LogP contribution in [0.4, 0.5) is 0 Å². The van der Waals surface area contributed by atoms with E-state index in [1.54, 1.807) is 0 Å². The van der Waals surface area contributed by atoms with Gasteiger partial charge in [0.1, 0.15) is 0 Å². The van der Waals surface area contributed by atoms with Crippen LogP contribution in [0.3, 0.4) is 0 Å². The van der Waals surface area contributed by atoms with Crippen LogP contribution in [0.5, 0.6) is 5.75 Å². The second kappa shape index (κ2) is 7.08. The molecule has 3 fully saturated rings. The molecule has 3 nitrogen and oxygen atoms in total. The van der Waals surface area contributed by atoms with E-state index >= 15 is 0 Å². The summed E-state index contributed by atoms with van der Waals surface area (Å²) in [7, 11) is 0. The van der Waals surface area contributed by atoms with Crippen molar-refractivity contribution in [2.75, 3.05) is 6.54 Å². The molecule has 26 heavy (non-hydrogen) atoms. The van der Waals surface area contributed by atoms with E-state index in [0.717, 1.165) is 11.7 Å². The van der Waals surface area contributed by atoms with E-state index in [1.807, 2.05) is 0 Å². The van der Waals surface area contributed by atoms with Crippen molar-refractivity contribution in [1.29, 1.82) is 0 Å². The van der Waals surface area contributed by atoms with Crippen LogP contribution in [0.25, 0.3) is 11.1 Å². The molecule has 0 spiro atoms. The van der Waals surface area contributed by atoms with Gasteiger partial charge in [-0.3, -0.25) is 0 Å². The minimum atomic E-state index is -2.45. The first-order valence-corrected chi connectivity index (χ1v) is 13.1. The van der Waals surface area contributed by atoms with Crippen LogP contribution < -0.4 is 3.53 Å². The Labute approximate surface area is 162 Å². The molecule has 0 bridgehead atoms. The van der Waals surface area contributed by atoms with Gasteiger partial charge in [-0.1, -0.05) is 0 Å². The average molecular weight is 406 g/mol. The van der Waals surface area contributed by atoms with Crippen LogP contribution in [0, 0.1) is 11.8 Å². The molecule has 4 unspecified atom stereocenters. The summed E-state index contributed by atoms with van der Waals surface area (Å²) < 4.78 is 16.0. The van der Waals surface area contributed by atoms with E-state index in [1.165, 1.54) is 43.4 Å². The molecule has 0 aromatic heterocycles. The van der Waals surface area contributed by atoms with Gasteiger partial charge < -0.3 is 0 Å². The van der Waals surface area contributed by atoms with Crippen LogP contribution >= 0.6 is 0 Å². The third-order valence-corrected chi connectivity index (χ3v) is 11.0. The SMILES string of the molecule is CC1CCC2CCC[N]3C2C1[O][Ga]3[O]c1ccccc1-c1ccccc1. The molecule has 4 heteroatoms. The Hall–Kier alpha value is -1.20. The fourth-order valence-corrected chi connectivity index (χ4v) is 10.5. The minimum absolute atomic E-state index is 0.405. The number of nitrogens with zero attached hydrogens (tertiary/aromatic N) is 1. The quantitative estimate of drug-likeness (QED) is 0.695. The standard InChI is InChI=1S/C12H10O.C10H17NO.Ga/c13-12-9-5-4-8-11(12)10-6-2-1-3-7-10;1-7-4-5-8-3-2-6-11-9(8)10(7)12;/h1-9,13H;7-10H,2-6H2,1H3;/q;-2;+3/p-1. The summed E-state index contributed by atoms with van der Waals surface area (Å²) in [6.45, 7) is 3.54. The fourth-order valence-electron chi connectivity index (χ4n) is 5.18. The van der Waals surface area contributed by atoms with Crippen molar-refractivity contribution >= 4 is 17.2 Å². The molecule has 5 rings (SSSR count). The van der Waals surface area contributed by atoms with Crippen LogP contribution in [0.1, 0.15) is 32.6 Å². The van der Waals surface area contributed by atoms with Gasteiger partial charge in [0.05, 0.1) is 0 Å². The van der Waals surface area contributed by atoms with Crippen molar-refractivity contribution in [1.82, 2.24) is 3.61 Å². The zero-order chi connectivity index (χ0) is 17.5. The molecule has 0 amide bonds. The molecule has 0 radical (unpaired) electrons. The predicted molar refractivity (Wildman–Crippen MR) is 105 cm³/mol. The van der Waals surface area contributed by atoms with Gasteiger partial charge >= 0.3 is 162 Å². The van der Waals surface area contributed by atoms with Gasteiger partial charge in [0.2, 0.25) is 0 Å². The third-order valence-electron chi connectivity index (χ3n) is 6.49. The predicted octanol–water partition coefficient (Wildman–Crippen LogP) is 4.63. The number of para-hydroxylation sites is 1. The van der Waals surface area contributed by atoms with Crippen LogP contribution in [0.2, 0.25) is 0 Å². The molecule has 134 valence electrons. The van der Waals surface area contributed by atoms with Gasteiger partial charge in [-0.25, -0.2) is 0 Å². The number of rotatable bonds is 3. The molecule has 2 aromatic carbocycles. The summed E-state index contributed by atoms with van der Waals surface area (Å²) in [4.78, 5) is 0. The maximum atomic E-state index is 6.68. The Bertz CT molecular complexity index is 768. The number of hydrogen-bond acceptors (Lipinski definition) is 3. The fraction of sp³-hybridized carbons (Fsp3) is 0.455. The van der Waals surface area contributed by atoms with E-state index in [2.05, 4.69) is 65.1 Å². The first kappa shape index (κ1) is 16.9. The summed E-state index contributed by atoms with van der Waals surface area (Å²) in [6.07, 6.45) is 5.77. The molecular formula is C22H26GaNO2. The molecule has 4 atom stereocenters. The third kappa shape index (κ3) is 2.93. The summed E-state index contributed by atoms with van der Waals surface area (Å²) >= 11 is -2.45. The molecule has 0 N–H and O–H groups in total. The topological polar surface area (TPSA) is 21.7 Å². The number of piperidine rings is 1. The van der Waals surface area contributed by atoms with Crippen molar-refractivity contribution in [3.63, 3.8) is 0 Å². The van der Waals surface area contributed by atoms with E-state index < -0.39 is 17.2 Å². The Balaban J connectivity index is 1.44. The second-order valence-corrected chi connectivity index (χ2v) is 11.8. The van der Waals surface area contributed by atoms with Gasteiger partial charge in [-0.05, 0) is 0 Å². The van der Waals surface area contributed by atoms with Crippen molar-refractivity contribution in [3.8, 4) is 16.9 Å². The van der Waals surface area contributed by atoms with E-state index in [0.29, 0.717) is 18.1 Å². The van der Waals surface area contributed by atoms with E-state index in [-0.39, 0.29) is 0 Å². The van der Waals surface area contributed by atoms with Crippen molar-refractivity contribution in [3.05, 3.63) is 54.6 Å².